The molecular formula is C82H183N11O5. The summed E-state index contributed by atoms with van der Waals surface area (Å²) in [5, 5.41) is 11.7. The van der Waals surface area contributed by atoms with Gasteiger partial charge < -0.3 is 73.5 Å². The zero-order valence-electron chi connectivity index (χ0n) is 70.7. The van der Waals surface area contributed by atoms with Crippen LogP contribution in [0, 0.1) is 11.8 Å². The number of aliphatic hydroxyl groups is 1. The van der Waals surface area contributed by atoms with Gasteiger partial charge in [-0.25, -0.2) is 0 Å². The van der Waals surface area contributed by atoms with Crippen LogP contribution in [0.15, 0.2) is 0 Å². The van der Waals surface area contributed by atoms with Crippen LogP contribution in [0.25, 0.3) is 0 Å². The average molecular weight is 1400 g/mol. The lowest BCUT2D eigenvalue weighted by Crippen LogP contribution is -2.44. The van der Waals surface area contributed by atoms with E-state index < -0.39 is 0 Å². The zero-order chi connectivity index (χ0) is 73.9. The van der Waals surface area contributed by atoms with Gasteiger partial charge in [0.15, 0.2) is 0 Å². The summed E-state index contributed by atoms with van der Waals surface area (Å²) in [6.07, 6.45) is 38.1. The Bertz CT molecular complexity index is 1390. The Morgan fingerprint density at radius 1 is 0.408 bits per heavy atom. The molecule has 16 heteroatoms. The van der Waals surface area contributed by atoms with Crippen molar-refractivity contribution in [3.8, 4) is 0 Å². The molecule has 0 bridgehead atoms. The Balaban J connectivity index is -0.000000494. The van der Waals surface area contributed by atoms with Gasteiger partial charge >= 0.3 is 0 Å². The number of likely N-dealkylation sites (N-methyl/N-ethyl adjacent to an activating group) is 2. The predicted octanol–water partition coefficient (Wildman–Crippen LogP) is 15.4. The molecule has 0 spiro atoms. The van der Waals surface area contributed by atoms with Crippen molar-refractivity contribution in [2.75, 3.05) is 254 Å². The molecule has 0 aromatic rings. The Labute approximate surface area is 616 Å². The maximum absolute atomic E-state index is 8.39. The Morgan fingerprint density at radius 3 is 1.16 bits per heavy atom. The van der Waals surface area contributed by atoms with Crippen LogP contribution >= 0.6 is 0 Å². The molecule has 2 atom stereocenters. The monoisotopic (exact) mass is 1400 g/mol. The largest absolute Gasteiger partial charge is 0.385 e. The van der Waals surface area contributed by atoms with Gasteiger partial charge in [0.2, 0.25) is 0 Å². The number of nitrogens with one attached hydrogen (secondary N) is 1. The molecule has 8 saturated heterocycles. The highest BCUT2D eigenvalue weighted by molar-refractivity contribution is 4.73. The van der Waals surface area contributed by atoms with Gasteiger partial charge in [-0.15, -0.1) is 0 Å². The van der Waals surface area contributed by atoms with Gasteiger partial charge in [0.25, 0.3) is 0 Å². The van der Waals surface area contributed by atoms with E-state index in [1.807, 2.05) is 11.9 Å². The van der Waals surface area contributed by atoms with Crippen molar-refractivity contribution in [1.82, 2.24) is 54.3 Å². The standard InChI is InChI=1S/C9H20N2.C9H19N.C8H18N2.2C8H17N.C7H15N.C6H13N.C6H15N.C6H14O2.C6H12O.C5H13NO.C4H10O/c1-3-4-5-11-8-6-10(2)7-9-11;1-2-3-7-10-8-5-4-6-9-10;1-3-4-10-7-5-9(2)6-8-10;1-3-8-6-4-5-7-9(8)2;1-2-6-9-7-4-3-5-8-9;1-7-3-5-8(2)6-4-7;1-6-2-4-7-5-3-6;1-4-5-6-7(2)3;1-3-4-8-6-5-7-2;1-2-6-4-3-5-7-6;1-3-4-6(2)5-7;1-3-4-5-2/h3-9H2,1-2H3;2-9H2,1H3;3-8H2,1-2H3;8H,3-7H2,1-2H3;2-8H2,1H3;7H,3-6H2,1-2H3;6-7H,2-5H2,1H3;4-6H2,1-3H3;3-6H2,1-2H3;6H,2-5H2,1H3;7H,3-5H2,1-2H3;3-4H2,1-2H3. The van der Waals surface area contributed by atoms with Crippen LogP contribution in [0.2, 0.25) is 0 Å². The van der Waals surface area contributed by atoms with Crippen LogP contribution < -0.4 is 5.32 Å². The summed E-state index contributed by atoms with van der Waals surface area (Å²) in [5.74, 6) is 1.95. The first-order valence-corrected chi connectivity index (χ1v) is 41.9. The van der Waals surface area contributed by atoms with Gasteiger partial charge in [0.05, 0.1) is 26.0 Å². The molecule has 8 fully saturated rings. The van der Waals surface area contributed by atoms with E-state index in [2.05, 4.69) is 175 Å². The van der Waals surface area contributed by atoms with E-state index in [1.165, 1.54) is 305 Å². The molecule has 0 aromatic heterocycles. The molecule has 8 heterocycles. The van der Waals surface area contributed by atoms with Gasteiger partial charge in [-0.1, -0.05) is 122 Å². The topological polar surface area (TPSA) is 102 Å². The lowest BCUT2D eigenvalue weighted by Gasteiger charge is -2.32. The molecule has 8 aliphatic heterocycles. The SMILES string of the molecule is CC1CCN(C)CC1.CC1CCNCC1.CCC1CCCCN1C.CCC1CCCO1.CCCCN(C)C.CCCCN1CCCCC1.CCCCN1CCN(C)CC1.CCCN(C)CO.CCCN1CCCCC1.CCCN1CCN(C)CC1.CCCOC.CCCOCCOC. The Morgan fingerprint density at radius 2 is 0.857 bits per heavy atom. The van der Waals surface area contributed by atoms with Gasteiger partial charge in [0.1, 0.15) is 0 Å². The van der Waals surface area contributed by atoms with Gasteiger partial charge in [-0.05, 0) is 301 Å². The summed E-state index contributed by atoms with van der Waals surface area (Å²) in [7, 11) is 18.3. The van der Waals surface area contributed by atoms with Gasteiger partial charge in [-0.2, -0.15) is 0 Å². The third-order valence-electron chi connectivity index (χ3n) is 19.3. The molecule has 8 rings (SSSR count). The van der Waals surface area contributed by atoms with Gasteiger partial charge in [-0.3, -0.25) is 4.90 Å². The summed E-state index contributed by atoms with van der Waals surface area (Å²) < 4.78 is 19.9. The molecule has 0 saturated carbocycles. The zero-order valence-corrected chi connectivity index (χ0v) is 70.7. The first kappa shape index (κ1) is 104. The second kappa shape index (κ2) is 82.0. The summed E-state index contributed by atoms with van der Waals surface area (Å²) >= 11 is 0. The number of unbranched alkanes of at least 4 members (excludes halogenated alkanes) is 3. The first-order chi connectivity index (χ1) is 47.4. The lowest BCUT2D eigenvalue weighted by molar-refractivity contribution is 0.0710. The number of hydrogen-bond acceptors (Lipinski definition) is 16. The fourth-order valence-electron chi connectivity index (χ4n) is 12.2. The van der Waals surface area contributed by atoms with E-state index in [0.717, 1.165) is 70.1 Å². The number of ether oxygens (including phenoxy) is 4. The number of nitrogens with zero attached hydrogens (tertiary/aromatic N) is 10. The van der Waals surface area contributed by atoms with E-state index in [-0.39, 0.29) is 6.73 Å². The number of likely N-dealkylation sites (tertiary alicyclic amines) is 4. The minimum Gasteiger partial charge on any atom is -0.385 e. The van der Waals surface area contributed by atoms with E-state index in [0.29, 0.717) is 12.7 Å². The number of hydrogen-bond donors (Lipinski definition) is 2. The normalized spacial score (nSPS) is 20.8. The second-order valence-corrected chi connectivity index (χ2v) is 29.8. The quantitative estimate of drug-likeness (QED) is 0.0669. The molecule has 596 valence electrons. The summed E-state index contributed by atoms with van der Waals surface area (Å²) in [4.78, 5) is 24.1. The van der Waals surface area contributed by atoms with Crippen molar-refractivity contribution in [1.29, 1.82) is 0 Å². The molecule has 0 aromatic carbocycles. The highest BCUT2D eigenvalue weighted by Crippen LogP contribution is 2.18. The number of piperidine rings is 5. The molecular weight excluding hydrogens is 1220 g/mol. The molecule has 2 N–H and O–H groups in total. The number of rotatable bonds is 25. The van der Waals surface area contributed by atoms with Crippen LogP contribution in [0.3, 0.4) is 0 Å². The van der Waals surface area contributed by atoms with Crippen molar-refractivity contribution in [3.63, 3.8) is 0 Å². The van der Waals surface area contributed by atoms with Crippen molar-refractivity contribution >= 4 is 0 Å². The molecule has 0 amide bonds. The van der Waals surface area contributed by atoms with Crippen LogP contribution in [0.1, 0.15) is 263 Å². The second-order valence-electron chi connectivity index (χ2n) is 29.8. The highest BCUT2D eigenvalue weighted by Gasteiger charge is 2.17. The van der Waals surface area contributed by atoms with Crippen molar-refractivity contribution in [2.45, 2.75) is 275 Å². The minimum absolute atomic E-state index is 0.174. The van der Waals surface area contributed by atoms with Gasteiger partial charge in [0, 0.05) is 92.4 Å². The molecule has 2 unspecified atom stereocenters. The van der Waals surface area contributed by atoms with Crippen molar-refractivity contribution in [2.24, 2.45) is 11.8 Å². The Kier molecular flexibility index (Phi) is 86.8. The number of methoxy groups -OCH3 is 2. The summed E-state index contributed by atoms with van der Waals surface area (Å²) in [5.41, 5.74) is 0. The average Bonchev–Trinajstić information content (AvgIpc) is 3.12. The van der Waals surface area contributed by atoms with Crippen LogP contribution in [-0.2, 0) is 18.9 Å². The highest BCUT2D eigenvalue weighted by atomic mass is 16.5. The fraction of sp³-hybridized carbons (Fsp3) is 1.00. The third-order valence-corrected chi connectivity index (χ3v) is 19.3. The molecule has 16 nitrogen and oxygen atoms in total. The number of aliphatic hydroxyl groups excluding tert-OH is 1. The van der Waals surface area contributed by atoms with Crippen LogP contribution in [-0.4, -0.2) is 320 Å². The fourth-order valence-corrected chi connectivity index (χ4v) is 12.2. The minimum atomic E-state index is 0.174. The Hall–Kier alpha value is -0.640. The lowest BCUT2D eigenvalue weighted by atomic mass is 10.00. The number of piperazine rings is 2. The van der Waals surface area contributed by atoms with E-state index in [1.54, 1.807) is 14.2 Å². The molecule has 0 aliphatic carbocycles. The summed E-state index contributed by atoms with van der Waals surface area (Å²) in [6, 6.07) is 0.888. The third kappa shape index (κ3) is 76.5. The maximum atomic E-state index is 8.39. The maximum Gasteiger partial charge on any atom is 0.0954 e. The first-order valence-electron chi connectivity index (χ1n) is 41.9. The smallest absolute Gasteiger partial charge is 0.0954 e. The van der Waals surface area contributed by atoms with E-state index >= 15 is 0 Å². The predicted molar refractivity (Wildman–Crippen MR) is 434 cm³/mol. The summed E-state index contributed by atoms with van der Waals surface area (Å²) in [6.45, 7) is 60.4. The van der Waals surface area contributed by atoms with Crippen molar-refractivity contribution < 1.29 is 24.1 Å². The molecule has 98 heavy (non-hydrogen) atoms. The molecule has 0 radical (unpaired) electrons. The van der Waals surface area contributed by atoms with Crippen LogP contribution in [0.5, 0.6) is 0 Å². The van der Waals surface area contributed by atoms with Crippen molar-refractivity contribution in [3.05, 3.63) is 0 Å². The van der Waals surface area contributed by atoms with E-state index in [4.69, 9.17) is 24.1 Å². The molecule has 8 aliphatic rings. The van der Waals surface area contributed by atoms with E-state index in [9.17, 15) is 0 Å². The van der Waals surface area contributed by atoms with Crippen LogP contribution in [0.4, 0.5) is 0 Å².